The number of carbonyl (C=O) groups is 1. The van der Waals surface area contributed by atoms with Crippen molar-refractivity contribution in [3.05, 3.63) is 68.4 Å². The second kappa shape index (κ2) is 10.0. The first kappa shape index (κ1) is 22.1. The Morgan fingerprint density at radius 3 is 2.87 bits per heavy atom. The number of ether oxygens (including phenoxy) is 1. The lowest BCUT2D eigenvalue weighted by molar-refractivity contribution is -0.118. The van der Waals surface area contributed by atoms with Crippen LogP contribution in [0.15, 0.2) is 52.4 Å². The number of aromatic nitrogens is 2. The van der Waals surface area contributed by atoms with Crippen LogP contribution < -0.4 is 10.9 Å². The van der Waals surface area contributed by atoms with Crippen LogP contribution in [-0.4, -0.2) is 33.9 Å². The molecule has 1 fully saturated rings. The number of hydrogen-bond donors (Lipinski definition) is 1. The molecule has 1 aromatic heterocycles. The Balaban J connectivity index is 1.48. The predicted molar refractivity (Wildman–Crippen MR) is 124 cm³/mol. The third kappa shape index (κ3) is 5.41. The van der Waals surface area contributed by atoms with Crippen LogP contribution in [-0.2, 0) is 22.6 Å². The van der Waals surface area contributed by atoms with E-state index in [4.69, 9.17) is 27.9 Å². The van der Waals surface area contributed by atoms with Gasteiger partial charge in [0, 0.05) is 23.2 Å². The lowest BCUT2D eigenvalue weighted by Gasteiger charge is -2.16. The summed E-state index contributed by atoms with van der Waals surface area (Å²) in [7, 11) is 0. The lowest BCUT2D eigenvalue weighted by Crippen LogP contribution is -2.30. The summed E-state index contributed by atoms with van der Waals surface area (Å²) < 4.78 is 7.35. The Labute approximate surface area is 193 Å². The van der Waals surface area contributed by atoms with Crippen LogP contribution in [0.5, 0.6) is 0 Å². The summed E-state index contributed by atoms with van der Waals surface area (Å²) in [5.41, 5.74) is 1.28. The first-order valence-electron chi connectivity index (χ1n) is 9.96. The second-order valence-electron chi connectivity index (χ2n) is 7.26. The Kier molecular flexibility index (Phi) is 7.17. The van der Waals surface area contributed by atoms with Gasteiger partial charge in [0.15, 0.2) is 5.16 Å². The molecule has 0 spiro atoms. The van der Waals surface area contributed by atoms with E-state index < -0.39 is 0 Å². The maximum Gasteiger partial charge on any atom is 0.262 e. The summed E-state index contributed by atoms with van der Waals surface area (Å²) in [6, 6.07) is 12.4. The van der Waals surface area contributed by atoms with Crippen LogP contribution in [0.3, 0.4) is 0 Å². The first-order chi connectivity index (χ1) is 15.0. The molecule has 9 heteroatoms. The number of nitrogens with zero attached hydrogens (tertiary/aromatic N) is 2. The molecule has 2 aromatic carbocycles. The van der Waals surface area contributed by atoms with Gasteiger partial charge in [0.25, 0.3) is 5.56 Å². The van der Waals surface area contributed by atoms with Crippen molar-refractivity contribution in [1.29, 1.82) is 0 Å². The molecule has 31 heavy (non-hydrogen) atoms. The van der Waals surface area contributed by atoms with E-state index in [-0.39, 0.29) is 23.3 Å². The van der Waals surface area contributed by atoms with Crippen molar-refractivity contribution in [3.63, 3.8) is 0 Å². The van der Waals surface area contributed by atoms with E-state index >= 15 is 0 Å². The summed E-state index contributed by atoms with van der Waals surface area (Å²) in [5, 5.41) is 4.97. The van der Waals surface area contributed by atoms with Gasteiger partial charge >= 0.3 is 0 Å². The number of hydrogen-bond acceptors (Lipinski definition) is 5. The minimum Gasteiger partial charge on any atom is -0.376 e. The molecule has 1 amide bonds. The standard InChI is InChI=1S/C22H21Cl2N3O3S/c23-15-8-7-14(18(24)10-15)11-25-20(28)13-31-22-26-19-6-2-1-5-17(19)21(29)27(22)12-16-4-3-9-30-16/h1-2,5-8,10,16H,3-4,9,11-13H2,(H,25,28). The molecule has 0 saturated carbocycles. The average molecular weight is 478 g/mol. The Morgan fingerprint density at radius 2 is 2.10 bits per heavy atom. The maximum atomic E-state index is 13.1. The summed E-state index contributed by atoms with van der Waals surface area (Å²) in [6.07, 6.45) is 1.88. The van der Waals surface area contributed by atoms with Crippen molar-refractivity contribution >= 4 is 51.8 Å². The SMILES string of the molecule is O=C(CSc1nc2ccccc2c(=O)n1CC1CCCO1)NCc1ccc(Cl)cc1Cl. The molecule has 0 radical (unpaired) electrons. The summed E-state index contributed by atoms with van der Waals surface area (Å²) in [6.45, 7) is 1.43. The topological polar surface area (TPSA) is 73.2 Å². The van der Waals surface area contributed by atoms with Crippen molar-refractivity contribution in [2.45, 2.75) is 37.2 Å². The minimum absolute atomic E-state index is 0.0131. The molecule has 1 atom stereocenters. The van der Waals surface area contributed by atoms with E-state index in [9.17, 15) is 9.59 Å². The molecular formula is C22H21Cl2N3O3S. The van der Waals surface area contributed by atoms with Crippen LogP contribution in [0, 0.1) is 0 Å². The van der Waals surface area contributed by atoms with Gasteiger partial charge in [0.2, 0.25) is 5.91 Å². The van der Waals surface area contributed by atoms with Gasteiger partial charge < -0.3 is 10.1 Å². The summed E-state index contributed by atoms with van der Waals surface area (Å²) in [5.74, 6) is -0.0521. The fourth-order valence-electron chi connectivity index (χ4n) is 3.45. The highest BCUT2D eigenvalue weighted by Crippen LogP contribution is 2.22. The van der Waals surface area contributed by atoms with Gasteiger partial charge in [-0.05, 0) is 42.7 Å². The van der Waals surface area contributed by atoms with Crippen molar-refractivity contribution in [1.82, 2.24) is 14.9 Å². The number of nitrogens with one attached hydrogen (secondary N) is 1. The fraction of sp³-hybridized carbons (Fsp3) is 0.318. The molecule has 1 saturated heterocycles. The largest absolute Gasteiger partial charge is 0.376 e. The summed E-state index contributed by atoms with van der Waals surface area (Å²) >= 11 is 13.3. The van der Waals surface area contributed by atoms with Crippen molar-refractivity contribution in [3.8, 4) is 0 Å². The minimum atomic E-state index is -0.179. The molecule has 4 rings (SSSR count). The third-order valence-corrected chi connectivity index (χ3v) is 6.62. The highest BCUT2D eigenvalue weighted by atomic mass is 35.5. The molecule has 1 aliphatic rings. The smallest absolute Gasteiger partial charge is 0.262 e. The highest BCUT2D eigenvalue weighted by Gasteiger charge is 2.20. The van der Waals surface area contributed by atoms with Crippen LogP contribution in [0.4, 0.5) is 0 Å². The Bertz CT molecular complexity index is 1160. The van der Waals surface area contributed by atoms with Crippen molar-refractivity contribution in [2.24, 2.45) is 0 Å². The number of para-hydroxylation sites is 1. The van der Waals surface area contributed by atoms with Crippen LogP contribution in [0.2, 0.25) is 10.0 Å². The monoisotopic (exact) mass is 477 g/mol. The van der Waals surface area contributed by atoms with Gasteiger partial charge in [-0.25, -0.2) is 4.98 Å². The van der Waals surface area contributed by atoms with E-state index in [2.05, 4.69) is 10.3 Å². The van der Waals surface area contributed by atoms with Gasteiger partial charge in [-0.15, -0.1) is 0 Å². The second-order valence-corrected chi connectivity index (χ2v) is 9.05. The quantitative estimate of drug-likeness (QED) is 0.405. The van der Waals surface area contributed by atoms with E-state index in [0.29, 0.717) is 45.8 Å². The van der Waals surface area contributed by atoms with Crippen molar-refractivity contribution < 1.29 is 9.53 Å². The molecule has 0 aliphatic carbocycles. The van der Waals surface area contributed by atoms with E-state index in [0.717, 1.165) is 18.4 Å². The number of thioether (sulfide) groups is 1. The van der Waals surface area contributed by atoms with Crippen molar-refractivity contribution in [2.75, 3.05) is 12.4 Å². The van der Waals surface area contributed by atoms with Gasteiger partial charge in [-0.2, -0.15) is 0 Å². The molecule has 6 nitrogen and oxygen atoms in total. The Hall–Kier alpha value is -2.06. The normalized spacial score (nSPS) is 16.0. The van der Waals surface area contributed by atoms with Gasteiger partial charge in [0.1, 0.15) is 0 Å². The molecule has 162 valence electrons. The molecule has 1 N–H and O–H groups in total. The summed E-state index contributed by atoms with van der Waals surface area (Å²) in [4.78, 5) is 30.2. The van der Waals surface area contributed by atoms with Crippen LogP contribution in [0.25, 0.3) is 10.9 Å². The predicted octanol–water partition coefficient (Wildman–Crippen LogP) is 4.29. The number of benzene rings is 2. The number of carbonyl (C=O) groups excluding carboxylic acids is 1. The zero-order valence-corrected chi connectivity index (χ0v) is 19.0. The maximum absolute atomic E-state index is 13.1. The number of rotatable bonds is 7. The zero-order chi connectivity index (χ0) is 21.8. The third-order valence-electron chi connectivity index (χ3n) is 5.06. The van der Waals surface area contributed by atoms with Crippen LogP contribution >= 0.6 is 35.0 Å². The zero-order valence-electron chi connectivity index (χ0n) is 16.6. The Morgan fingerprint density at radius 1 is 1.26 bits per heavy atom. The van der Waals surface area contributed by atoms with E-state index in [1.165, 1.54) is 11.8 Å². The molecule has 3 aromatic rings. The molecule has 1 unspecified atom stereocenters. The molecular weight excluding hydrogens is 457 g/mol. The molecule has 1 aliphatic heterocycles. The van der Waals surface area contributed by atoms with Crippen LogP contribution in [0.1, 0.15) is 18.4 Å². The van der Waals surface area contributed by atoms with Gasteiger partial charge in [-0.3, -0.25) is 14.2 Å². The lowest BCUT2D eigenvalue weighted by atomic mass is 10.2. The highest BCUT2D eigenvalue weighted by molar-refractivity contribution is 7.99. The number of fused-ring (bicyclic) bond motifs is 1. The van der Waals surface area contributed by atoms with Gasteiger partial charge in [-0.1, -0.05) is 53.2 Å². The number of halogens is 2. The molecule has 2 heterocycles. The first-order valence-corrected chi connectivity index (χ1v) is 11.7. The fourth-order valence-corrected chi connectivity index (χ4v) is 4.76. The average Bonchev–Trinajstić information content (AvgIpc) is 3.27. The molecule has 0 bridgehead atoms. The van der Waals surface area contributed by atoms with E-state index in [1.807, 2.05) is 12.1 Å². The number of amides is 1. The van der Waals surface area contributed by atoms with Gasteiger partial charge in [0.05, 0.1) is 29.3 Å². The van der Waals surface area contributed by atoms with E-state index in [1.54, 1.807) is 34.9 Å².